The highest BCUT2D eigenvalue weighted by atomic mass is 35.5. The van der Waals surface area contributed by atoms with Crippen molar-refractivity contribution < 1.29 is 0 Å². The number of allylic oxidation sites excluding steroid dienone is 1. The number of nitrogens with one attached hydrogen (secondary N) is 1. The second-order valence-electron chi connectivity index (χ2n) is 6.01. The van der Waals surface area contributed by atoms with E-state index in [9.17, 15) is 0 Å². The molecule has 0 radical (unpaired) electrons. The highest BCUT2D eigenvalue weighted by Crippen LogP contribution is 2.41. The number of halogens is 1. The first-order valence-corrected chi connectivity index (χ1v) is 9.86. The molecule has 138 valence electrons. The third kappa shape index (κ3) is 3.60. The van der Waals surface area contributed by atoms with Crippen LogP contribution in [-0.4, -0.2) is 38.0 Å². The third-order valence-corrected chi connectivity index (χ3v) is 5.53. The second-order valence-corrected chi connectivity index (χ2v) is 7.43. The highest BCUT2D eigenvalue weighted by Gasteiger charge is 2.26. The van der Waals surface area contributed by atoms with Gasteiger partial charge in [-0.2, -0.15) is 0 Å². The second kappa shape index (κ2) is 7.75. The van der Waals surface area contributed by atoms with Crippen molar-refractivity contribution in [3.63, 3.8) is 0 Å². The summed E-state index contributed by atoms with van der Waals surface area (Å²) in [7, 11) is 0. The molecule has 0 aliphatic heterocycles. The highest BCUT2D eigenvalue weighted by molar-refractivity contribution is 7.99. The van der Waals surface area contributed by atoms with Crippen LogP contribution in [0, 0.1) is 0 Å². The minimum Gasteiger partial charge on any atom is -0.368 e. The van der Waals surface area contributed by atoms with Gasteiger partial charge in [-0.25, -0.2) is 19.9 Å². The fourth-order valence-corrected chi connectivity index (χ4v) is 4.12. The van der Waals surface area contributed by atoms with Crippen LogP contribution in [0.3, 0.4) is 0 Å². The maximum atomic E-state index is 6.57. The van der Waals surface area contributed by atoms with Crippen molar-refractivity contribution in [2.45, 2.75) is 29.8 Å². The van der Waals surface area contributed by atoms with Gasteiger partial charge >= 0.3 is 0 Å². The normalized spacial score (nSPS) is 13.3. The minimum atomic E-state index is 0.510. The van der Waals surface area contributed by atoms with Crippen LogP contribution in [0.1, 0.15) is 24.6 Å². The fourth-order valence-electron chi connectivity index (χ4n) is 2.94. The van der Waals surface area contributed by atoms with Crippen LogP contribution in [0.2, 0.25) is 0 Å². The van der Waals surface area contributed by atoms with Crippen LogP contribution < -0.4 is 11.1 Å². The van der Waals surface area contributed by atoms with Gasteiger partial charge in [0.2, 0.25) is 0 Å². The molecule has 7 nitrogen and oxygen atoms in total. The van der Waals surface area contributed by atoms with E-state index in [-0.39, 0.29) is 0 Å². The standard InChI is InChI=1S/C18H18ClN7S/c1-2-10-7-12-14(15(10)19)17(22-4-3-20)26-18(25-12)27-11-8-13-16(24-9-11)23-6-5-21-13/h5-6,8-9H,2-4,7,20H2,1H3,(H,22,25,26). The van der Waals surface area contributed by atoms with Gasteiger partial charge in [-0.1, -0.05) is 18.5 Å². The molecular weight excluding hydrogens is 382 g/mol. The SMILES string of the molecule is CCC1=C(Cl)c2c(nc(Sc3cnc4nccnc4c3)nc2NCCN)C1. The Morgan fingerprint density at radius 2 is 2.07 bits per heavy atom. The first-order chi connectivity index (χ1) is 13.2. The van der Waals surface area contributed by atoms with Crippen LogP contribution in [0.5, 0.6) is 0 Å². The molecule has 3 N–H and O–H groups in total. The zero-order valence-electron chi connectivity index (χ0n) is 14.7. The van der Waals surface area contributed by atoms with Gasteiger partial charge in [0, 0.05) is 43.0 Å². The Balaban J connectivity index is 1.69. The Morgan fingerprint density at radius 3 is 2.89 bits per heavy atom. The number of hydrogen-bond donors (Lipinski definition) is 2. The number of rotatable bonds is 6. The summed E-state index contributed by atoms with van der Waals surface area (Å²) in [6.07, 6.45) is 6.68. The molecule has 1 aliphatic carbocycles. The van der Waals surface area contributed by atoms with Crippen molar-refractivity contribution in [2.24, 2.45) is 5.73 Å². The summed E-state index contributed by atoms with van der Waals surface area (Å²) in [5.74, 6) is 0.731. The van der Waals surface area contributed by atoms with E-state index in [1.54, 1.807) is 18.6 Å². The molecule has 0 fully saturated rings. The Morgan fingerprint density at radius 1 is 1.22 bits per heavy atom. The minimum absolute atomic E-state index is 0.510. The molecule has 3 heterocycles. The lowest BCUT2D eigenvalue weighted by atomic mass is 10.2. The molecule has 0 unspecified atom stereocenters. The van der Waals surface area contributed by atoms with Gasteiger partial charge in [-0.05, 0) is 29.8 Å². The average molecular weight is 400 g/mol. The van der Waals surface area contributed by atoms with E-state index in [1.807, 2.05) is 6.07 Å². The molecule has 3 aromatic heterocycles. The first-order valence-electron chi connectivity index (χ1n) is 8.67. The molecular formula is C18H18ClN7S. The fraction of sp³-hybridized carbons (Fsp3) is 0.278. The van der Waals surface area contributed by atoms with Gasteiger partial charge in [-0.15, -0.1) is 0 Å². The smallest absolute Gasteiger partial charge is 0.194 e. The van der Waals surface area contributed by atoms with E-state index in [0.29, 0.717) is 23.9 Å². The maximum absolute atomic E-state index is 6.57. The van der Waals surface area contributed by atoms with Crippen molar-refractivity contribution in [2.75, 3.05) is 18.4 Å². The Kier molecular flexibility index (Phi) is 5.20. The molecule has 3 aromatic rings. The zero-order valence-corrected chi connectivity index (χ0v) is 16.3. The van der Waals surface area contributed by atoms with Gasteiger partial charge in [0.05, 0.1) is 16.3 Å². The van der Waals surface area contributed by atoms with Gasteiger partial charge < -0.3 is 11.1 Å². The van der Waals surface area contributed by atoms with E-state index >= 15 is 0 Å². The van der Waals surface area contributed by atoms with Crippen molar-refractivity contribution >= 4 is 45.4 Å². The summed E-state index contributed by atoms with van der Waals surface area (Å²) >= 11 is 8.01. The topological polar surface area (TPSA) is 102 Å². The quantitative estimate of drug-likeness (QED) is 0.609. The molecule has 0 saturated carbocycles. The Labute approximate surface area is 165 Å². The number of nitrogens with two attached hydrogens (primary N) is 1. The lowest BCUT2D eigenvalue weighted by molar-refractivity contribution is 0.887. The van der Waals surface area contributed by atoms with Crippen LogP contribution in [0.4, 0.5) is 5.82 Å². The number of fused-ring (bicyclic) bond motifs is 2. The molecule has 0 aromatic carbocycles. The molecule has 0 saturated heterocycles. The molecule has 27 heavy (non-hydrogen) atoms. The van der Waals surface area contributed by atoms with E-state index in [4.69, 9.17) is 22.3 Å². The van der Waals surface area contributed by atoms with Gasteiger partial charge in [-0.3, -0.25) is 4.98 Å². The summed E-state index contributed by atoms with van der Waals surface area (Å²) in [5, 5.41) is 4.67. The first kappa shape index (κ1) is 18.1. The monoisotopic (exact) mass is 399 g/mol. The van der Waals surface area contributed by atoms with E-state index < -0.39 is 0 Å². The number of nitrogens with zero attached hydrogens (tertiary/aromatic N) is 5. The largest absolute Gasteiger partial charge is 0.368 e. The average Bonchev–Trinajstić information content (AvgIpc) is 3.02. The maximum Gasteiger partial charge on any atom is 0.194 e. The van der Waals surface area contributed by atoms with Crippen LogP contribution >= 0.6 is 23.4 Å². The molecule has 9 heteroatoms. The lowest BCUT2D eigenvalue weighted by Crippen LogP contribution is -2.15. The summed E-state index contributed by atoms with van der Waals surface area (Å²) in [5.41, 5.74) is 10.0. The molecule has 4 rings (SSSR count). The van der Waals surface area contributed by atoms with Crippen LogP contribution in [0.15, 0.2) is 40.3 Å². The summed E-state index contributed by atoms with van der Waals surface area (Å²) in [6.45, 7) is 3.23. The van der Waals surface area contributed by atoms with E-state index in [2.05, 4.69) is 32.2 Å². The third-order valence-electron chi connectivity index (χ3n) is 4.25. The number of pyridine rings is 1. The predicted molar refractivity (Wildman–Crippen MR) is 108 cm³/mol. The molecule has 0 bridgehead atoms. The zero-order chi connectivity index (χ0) is 18.8. The van der Waals surface area contributed by atoms with Crippen LogP contribution in [0.25, 0.3) is 16.2 Å². The molecule has 0 spiro atoms. The Bertz CT molecular complexity index is 1040. The summed E-state index contributed by atoms with van der Waals surface area (Å²) in [4.78, 5) is 23.2. The molecule has 1 aliphatic rings. The van der Waals surface area contributed by atoms with Gasteiger partial charge in [0.15, 0.2) is 10.8 Å². The van der Waals surface area contributed by atoms with Crippen molar-refractivity contribution in [3.8, 4) is 0 Å². The van der Waals surface area contributed by atoms with Crippen LogP contribution in [-0.2, 0) is 6.42 Å². The number of anilines is 1. The van der Waals surface area contributed by atoms with Crippen molar-refractivity contribution in [1.29, 1.82) is 0 Å². The summed E-state index contributed by atoms with van der Waals surface area (Å²) < 4.78 is 0. The lowest BCUT2D eigenvalue weighted by Gasteiger charge is -2.12. The predicted octanol–water partition coefficient (Wildman–Crippen LogP) is 3.25. The Hall–Kier alpha value is -2.29. The molecule has 0 atom stereocenters. The van der Waals surface area contributed by atoms with E-state index in [0.717, 1.165) is 45.4 Å². The van der Waals surface area contributed by atoms with Gasteiger partial charge in [0.25, 0.3) is 0 Å². The summed E-state index contributed by atoms with van der Waals surface area (Å²) in [6, 6.07) is 1.94. The van der Waals surface area contributed by atoms with Crippen molar-refractivity contribution in [3.05, 3.63) is 41.5 Å². The number of aromatic nitrogens is 5. The van der Waals surface area contributed by atoms with Gasteiger partial charge in [0.1, 0.15) is 11.3 Å². The molecule has 0 amide bonds. The van der Waals surface area contributed by atoms with E-state index in [1.165, 1.54) is 17.3 Å². The van der Waals surface area contributed by atoms with Crippen molar-refractivity contribution in [1.82, 2.24) is 24.9 Å². The number of hydrogen-bond acceptors (Lipinski definition) is 8.